The Kier molecular flexibility index (Phi) is 52.3. The van der Waals surface area contributed by atoms with Gasteiger partial charge in [0.1, 0.15) is 28.3 Å². The van der Waals surface area contributed by atoms with E-state index in [0.29, 0.717) is 11.5 Å². The number of benzene rings is 3. The smallest absolute Gasteiger partial charge is 0.233 e. The van der Waals surface area contributed by atoms with Crippen molar-refractivity contribution in [2.75, 3.05) is 0 Å². The van der Waals surface area contributed by atoms with Gasteiger partial charge >= 0.3 is 0 Å². The predicted octanol–water partition coefficient (Wildman–Crippen LogP) is 25.9. The van der Waals surface area contributed by atoms with Crippen molar-refractivity contribution in [1.82, 2.24) is 77.7 Å². The van der Waals surface area contributed by atoms with Gasteiger partial charge in [0.25, 0.3) is 0 Å². The Balaban J connectivity index is 0. The standard InChI is InChI=1S/C10H12N2.C9H9NO.C9H9NS.C8H9N3.C8H8N2O.C8H8N2S.C8H8N2.C7H7N3.10C2H6/c1-7-4-5-9-10(6-7)12(3)8(2)11-9;2*1-6-3-4-8-9(5-6)11-7(2)10-8;1-6-10-7-4-3-5-9-8(7)11(6)2;2*1-5-3-7-8(9-4-5)10-6(2)11-7;1-7-2-3-8-9-4-5-10(8)6-7;1-6-4-9-7-8-2-3-10(7)5-6;10*1-2/h4-6H,1-3H3;3*3-5H,1-2H3;2*3-4H,1-2H3;2-6H,1H3;2-5H,1H3;10*1-2H3. The van der Waals surface area contributed by atoms with E-state index in [9.17, 15) is 0 Å². The van der Waals surface area contributed by atoms with E-state index in [1.54, 1.807) is 47.5 Å². The molecule has 13 heterocycles. The average molecular weight is 1500 g/mol. The average Bonchev–Trinajstić information content (AvgIpc) is 1.67. The number of pyridine rings is 4. The molecule has 107 heavy (non-hydrogen) atoms. The number of hydrogen-bond acceptors (Lipinski definition) is 16. The summed E-state index contributed by atoms with van der Waals surface area (Å²) < 4.78 is 21.1. The SMILES string of the molecule is CC.CC.CC.CC.CC.CC.CC.CC.CC.CC.Cc1ccc2nc(C)n(C)c2c1.Cc1ccc2nc(C)oc2c1.Cc1ccc2nc(C)sc2c1.Cc1ccc2nccn2c1.Cc1cnc2nc(C)oc2c1.Cc1cnc2nc(C)sc2c1.Cc1cnc2nccn2c1.Cc1nc2cccnc2n1C. The second-order valence-electron chi connectivity index (χ2n) is 21.0. The number of thiazole rings is 2. The van der Waals surface area contributed by atoms with Crippen LogP contribution in [-0.2, 0) is 14.1 Å². The minimum absolute atomic E-state index is 0.665. The maximum Gasteiger partial charge on any atom is 0.233 e. The molecule has 0 N–H and O–H groups in total. The van der Waals surface area contributed by atoms with Gasteiger partial charge in [0.05, 0.1) is 36.0 Å². The molecule has 16 aromatic rings. The molecule has 0 saturated carbocycles. The lowest BCUT2D eigenvalue weighted by atomic mass is 10.2. The van der Waals surface area contributed by atoms with Gasteiger partial charge in [-0.1, -0.05) is 163 Å². The van der Waals surface area contributed by atoms with Crippen LogP contribution in [-0.4, -0.2) is 77.7 Å². The normalized spacial score (nSPS) is 9.26. The molecule has 0 unspecified atom stereocenters. The lowest BCUT2D eigenvalue weighted by Crippen LogP contribution is -1.91. The zero-order valence-corrected chi connectivity index (χ0v) is 73.4. The summed E-state index contributed by atoms with van der Waals surface area (Å²) in [6.07, 6.45) is 18.6. The highest BCUT2D eigenvalue weighted by atomic mass is 32.1. The molecule has 16 rings (SSSR count). The maximum absolute atomic E-state index is 5.34. The molecular formula is C87H130N16O2S2. The number of aryl methyl sites for hydroxylation is 15. The number of fused-ring (bicyclic) bond motifs is 8. The molecule has 0 aliphatic rings. The highest BCUT2D eigenvalue weighted by Gasteiger charge is 2.06. The monoisotopic (exact) mass is 1500 g/mol. The van der Waals surface area contributed by atoms with Crippen LogP contribution in [0.4, 0.5) is 0 Å². The fraction of sp³-hybridized carbons (Fsp3) is 0.402. The zero-order chi connectivity index (χ0) is 81.9. The van der Waals surface area contributed by atoms with Gasteiger partial charge in [-0.25, -0.2) is 54.8 Å². The minimum atomic E-state index is 0.665. The topological polar surface area (TPSA) is 200 Å². The van der Waals surface area contributed by atoms with E-state index in [4.69, 9.17) is 8.83 Å². The zero-order valence-electron chi connectivity index (χ0n) is 71.7. The second kappa shape index (κ2) is 56.4. The van der Waals surface area contributed by atoms with Crippen LogP contribution in [0, 0.1) is 90.0 Å². The van der Waals surface area contributed by atoms with Crippen LogP contribution < -0.4 is 0 Å². The quantitative estimate of drug-likeness (QED) is 0.139. The molecule has 0 bridgehead atoms. The number of rotatable bonds is 0. The Morgan fingerprint density at radius 3 is 1.43 bits per heavy atom. The third-order valence-corrected chi connectivity index (χ3v) is 15.1. The highest BCUT2D eigenvalue weighted by molar-refractivity contribution is 7.18. The second-order valence-corrected chi connectivity index (χ2v) is 23.5. The first-order valence-electron chi connectivity index (χ1n) is 38.1. The first-order chi connectivity index (χ1) is 51.7. The van der Waals surface area contributed by atoms with Crippen molar-refractivity contribution in [1.29, 1.82) is 0 Å². The number of hydrogen-bond donors (Lipinski definition) is 0. The van der Waals surface area contributed by atoms with E-state index in [0.717, 1.165) is 94.6 Å². The Bertz CT molecular complexity index is 4560. The van der Waals surface area contributed by atoms with Crippen LogP contribution >= 0.6 is 22.7 Å². The van der Waals surface area contributed by atoms with E-state index in [1.807, 2.05) is 309 Å². The Labute approximate surface area is 649 Å². The third-order valence-electron chi connectivity index (χ3n) is 13.3. The predicted molar refractivity (Wildman–Crippen MR) is 465 cm³/mol. The molecule has 0 fully saturated rings. The van der Waals surface area contributed by atoms with Crippen molar-refractivity contribution < 1.29 is 8.83 Å². The van der Waals surface area contributed by atoms with E-state index in [-0.39, 0.29) is 0 Å². The maximum atomic E-state index is 5.34. The summed E-state index contributed by atoms with van der Waals surface area (Å²) in [7, 11) is 4.02. The summed E-state index contributed by atoms with van der Waals surface area (Å²) in [5, 5.41) is 2.23. The number of nitrogens with zero attached hydrogens (tertiary/aromatic N) is 16. The summed E-state index contributed by atoms with van der Waals surface area (Å²) in [6.45, 7) is 66.1. The summed E-state index contributed by atoms with van der Waals surface area (Å²) in [4.78, 5) is 50.4. The summed E-state index contributed by atoms with van der Waals surface area (Å²) in [5.74, 6) is 4.21. The van der Waals surface area contributed by atoms with Crippen molar-refractivity contribution in [2.24, 2.45) is 14.1 Å². The molecule has 0 radical (unpaired) electrons. The molecule has 0 aliphatic carbocycles. The third kappa shape index (κ3) is 33.2. The fourth-order valence-corrected chi connectivity index (χ4v) is 10.7. The van der Waals surface area contributed by atoms with Gasteiger partial charge in [0, 0.05) is 89.9 Å². The van der Waals surface area contributed by atoms with Gasteiger partial charge in [-0.05, 0) is 182 Å². The molecule has 3 aromatic carbocycles. The van der Waals surface area contributed by atoms with Gasteiger partial charge in [-0.2, -0.15) is 4.98 Å². The van der Waals surface area contributed by atoms with Crippen molar-refractivity contribution in [3.8, 4) is 0 Å². The van der Waals surface area contributed by atoms with Crippen molar-refractivity contribution in [3.05, 3.63) is 225 Å². The lowest BCUT2D eigenvalue weighted by molar-refractivity contribution is 0.560. The lowest BCUT2D eigenvalue weighted by Gasteiger charge is -1.96. The number of imidazole rings is 4. The molecule has 0 saturated heterocycles. The Morgan fingerprint density at radius 2 is 0.794 bits per heavy atom. The first kappa shape index (κ1) is 99.1. The first-order valence-corrected chi connectivity index (χ1v) is 39.7. The molecule has 0 aliphatic heterocycles. The van der Waals surface area contributed by atoms with Gasteiger partial charge in [0.15, 0.2) is 39.9 Å². The molecule has 582 valence electrons. The molecule has 18 nitrogen and oxygen atoms in total. The van der Waals surface area contributed by atoms with Crippen LogP contribution in [0.25, 0.3) is 76.5 Å². The van der Waals surface area contributed by atoms with Crippen LogP contribution in [0.2, 0.25) is 0 Å². The molecule has 0 spiro atoms. The van der Waals surface area contributed by atoms with Gasteiger partial charge in [-0.15, -0.1) is 22.7 Å². The fourth-order valence-electron chi connectivity index (χ4n) is 8.85. The van der Waals surface area contributed by atoms with Gasteiger partial charge in [0.2, 0.25) is 5.78 Å². The van der Waals surface area contributed by atoms with Crippen LogP contribution in [0.15, 0.2) is 162 Å². The van der Waals surface area contributed by atoms with Crippen molar-refractivity contribution >= 4 is 99.2 Å². The van der Waals surface area contributed by atoms with E-state index < -0.39 is 0 Å². The van der Waals surface area contributed by atoms with Crippen molar-refractivity contribution in [3.63, 3.8) is 0 Å². The largest absolute Gasteiger partial charge is 0.441 e. The van der Waals surface area contributed by atoms with Gasteiger partial charge in [-0.3, -0.25) is 4.40 Å². The van der Waals surface area contributed by atoms with Gasteiger partial charge < -0.3 is 22.4 Å². The van der Waals surface area contributed by atoms with E-state index in [1.165, 1.54) is 42.7 Å². The minimum Gasteiger partial charge on any atom is -0.441 e. The van der Waals surface area contributed by atoms with E-state index in [2.05, 4.69) is 140 Å². The number of oxazole rings is 2. The van der Waals surface area contributed by atoms with Crippen LogP contribution in [0.1, 0.15) is 211 Å². The van der Waals surface area contributed by atoms with Crippen LogP contribution in [0.3, 0.4) is 0 Å². The summed E-state index contributed by atoms with van der Waals surface area (Å²) >= 11 is 3.45. The summed E-state index contributed by atoms with van der Waals surface area (Å²) in [6, 6.07) is 30.7. The molecular weight excluding hydrogens is 1370 g/mol. The highest BCUT2D eigenvalue weighted by Crippen LogP contribution is 2.23. The molecule has 0 atom stereocenters. The van der Waals surface area contributed by atoms with Crippen LogP contribution in [0.5, 0.6) is 0 Å². The summed E-state index contributed by atoms with van der Waals surface area (Å²) in [5.41, 5.74) is 19.0. The van der Waals surface area contributed by atoms with E-state index >= 15 is 0 Å². The Morgan fingerprint density at radius 1 is 0.327 bits per heavy atom. The molecule has 20 heteroatoms. The number of aromatic nitrogens is 16. The molecule has 0 amide bonds. The Hall–Kier alpha value is -9.92. The molecule has 13 aromatic heterocycles. The van der Waals surface area contributed by atoms with Crippen molar-refractivity contribution in [2.45, 2.75) is 228 Å².